The van der Waals surface area contributed by atoms with Crippen molar-refractivity contribution in [3.63, 3.8) is 0 Å². The molecule has 164 valence electrons. The molecule has 3 aromatic rings. The minimum atomic E-state index is -3.64. The first-order valence-electron chi connectivity index (χ1n) is 10.2. The SMILES string of the molecule is COc1ccc(C)cc1S(=O)(=O)N1CCN(c2c(C)nn(-c3ccccn3)c2C)CC1. The van der Waals surface area contributed by atoms with E-state index < -0.39 is 10.0 Å². The number of piperazine rings is 1. The summed E-state index contributed by atoms with van der Waals surface area (Å²) in [5.74, 6) is 1.14. The Morgan fingerprint density at radius 2 is 1.74 bits per heavy atom. The van der Waals surface area contributed by atoms with Crippen LogP contribution in [0.3, 0.4) is 0 Å². The van der Waals surface area contributed by atoms with E-state index in [4.69, 9.17) is 4.74 Å². The number of hydrogen-bond donors (Lipinski definition) is 0. The second kappa shape index (κ2) is 8.32. The van der Waals surface area contributed by atoms with Crippen molar-refractivity contribution < 1.29 is 13.2 Å². The largest absolute Gasteiger partial charge is 0.495 e. The molecule has 1 fully saturated rings. The van der Waals surface area contributed by atoms with Crippen molar-refractivity contribution in [2.45, 2.75) is 25.7 Å². The lowest BCUT2D eigenvalue weighted by Gasteiger charge is -2.35. The molecule has 0 radical (unpaired) electrons. The van der Waals surface area contributed by atoms with Crippen molar-refractivity contribution >= 4 is 15.7 Å². The zero-order valence-electron chi connectivity index (χ0n) is 18.2. The highest BCUT2D eigenvalue weighted by atomic mass is 32.2. The molecule has 1 aromatic carbocycles. The molecule has 0 saturated carbocycles. The van der Waals surface area contributed by atoms with Gasteiger partial charge in [0.05, 0.1) is 24.2 Å². The van der Waals surface area contributed by atoms with Crippen molar-refractivity contribution in [2.24, 2.45) is 0 Å². The van der Waals surface area contributed by atoms with Crippen LogP contribution in [0.4, 0.5) is 5.69 Å². The van der Waals surface area contributed by atoms with E-state index in [2.05, 4.69) is 15.0 Å². The molecular weight excluding hydrogens is 414 g/mol. The predicted molar refractivity (Wildman–Crippen MR) is 120 cm³/mol. The molecule has 0 atom stereocenters. The van der Waals surface area contributed by atoms with E-state index in [1.54, 1.807) is 18.3 Å². The van der Waals surface area contributed by atoms with Crippen LogP contribution < -0.4 is 9.64 Å². The van der Waals surface area contributed by atoms with Gasteiger partial charge >= 0.3 is 0 Å². The van der Waals surface area contributed by atoms with E-state index in [0.29, 0.717) is 31.9 Å². The summed E-state index contributed by atoms with van der Waals surface area (Å²) in [4.78, 5) is 6.82. The number of sulfonamides is 1. The van der Waals surface area contributed by atoms with Crippen molar-refractivity contribution in [3.8, 4) is 11.6 Å². The minimum absolute atomic E-state index is 0.221. The van der Waals surface area contributed by atoms with E-state index in [-0.39, 0.29) is 4.90 Å². The maximum atomic E-state index is 13.3. The second-order valence-electron chi connectivity index (χ2n) is 7.66. The van der Waals surface area contributed by atoms with E-state index in [9.17, 15) is 8.42 Å². The molecule has 0 spiro atoms. The maximum absolute atomic E-state index is 13.3. The highest BCUT2D eigenvalue weighted by Crippen LogP contribution is 2.31. The van der Waals surface area contributed by atoms with Gasteiger partial charge in [0, 0.05) is 32.4 Å². The highest BCUT2D eigenvalue weighted by molar-refractivity contribution is 7.89. The summed E-state index contributed by atoms with van der Waals surface area (Å²) in [6.45, 7) is 7.83. The van der Waals surface area contributed by atoms with Gasteiger partial charge < -0.3 is 9.64 Å². The van der Waals surface area contributed by atoms with Gasteiger partial charge in [-0.25, -0.2) is 18.1 Å². The topological polar surface area (TPSA) is 80.6 Å². The van der Waals surface area contributed by atoms with Gasteiger partial charge in [-0.05, 0) is 50.6 Å². The Hall–Kier alpha value is -2.91. The Kier molecular flexibility index (Phi) is 5.72. The molecule has 0 unspecified atom stereocenters. The van der Waals surface area contributed by atoms with Crippen LogP contribution in [-0.4, -0.2) is 60.8 Å². The van der Waals surface area contributed by atoms with E-state index >= 15 is 0 Å². The minimum Gasteiger partial charge on any atom is -0.495 e. The van der Waals surface area contributed by atoms with Crippen LogP contribution >= 0.6 is 0 Å². The van der Waals surface area contributed by atoms with Crippen LogP contribution in [0, 0.1) is 20.8 Å². The van der Waals surface area contributed by atoms with Crippen LogP contribution in [0.15, 0.2) is 47.5 Å². The number of aromatic nitrogens is 3. The first-order chi connectivity index (χ1) is 14.8. The third kappa shape index (κ3) is 3.90. The third-order valence-electron chi connectivity index (χ3n) is 5.61. The van der Waals surface area contributed by atoms with E-state index in [1.807, 2.05) is 49.7 Å². The van der Waals surface area contributed by atoms with Gasteiger partial charge in [0.2, 0.25) is 10.0 Å². The molecule has 1 aliphatic heterocycles. The Morgan fingerprint density at radius 1 is 1.00 bits per heavy atom. The van der Waals surface area contributed by atoms with Crippen molar-refractivity contribution in [2.75, 3.05) is 38.2 Å². The second-order valence-corrected chi connectivity index (χ2v) is 9.57. The van der Waals surface area contributed by atoms with Crippen LogP contribution in [0.1, 0.15) is 17.0 Å². The Morgan fingerprint density at radius 3 is 2.39 bits per heavy atom. The van der Waals surface area contributed by atoms with Crippen LogP contribution in [0.25, 0.3) is 5.82 Å². The van der Waals surface area contributed by atoms with Gasteiger partial charge in [-0.1, -0.05) is 12.1 Å². The molecule has 1 saturated heterocycles. The zero-order chi connectivity index (χ0) is 22.2. The zero-order valence-corrected chi connectivity index (χ0v) is 19.1. The molecule has 0 aliphatic carbocycles. The van der Waals surface area contributed by atoms with E-state index in [0.717, 1.165) is 28.5 Å². The quantitative estimate of drug-likeness (QED) is 0.606. The molecule has 31 heavy (non-hydrogen) atoms. The van der Waals surface area contributed by atoms with Gasteiger partial charge in [0.1, 0.15) is 10.6 Å². The summed E-state index contributed by atoms with van der Waals surface area (Å²) in [6.07, 6.45) is 1.74. The Balaban J connectivity index is 1.56. The fourth-order valence-corrected chi connectivity index (χ4v) is 5.73. The van der Waals surface area contributed by atoms with Gasteiger partial charge in [-0.3, -0.25) is 0 Å². The number of ether oxygens (including phenoxy) is 1. The molecule has 0 amide bonds. The highest BCUT2D eigenvalue weighted by Gasteiger charge is 2.32. The lowest BCUT2D eigenvalue weighted by atomic mass is 10.2. The molecular formula is C22H27N5O3S. The molecule has 0 bridgehead atoms. The number of methoxy groups -OCH3 is 1. The predicted octanol–water partition coefficient (Wildman–Crippen LogP) is 2.71. The first kappa shape index (κ1) is 21.3. The molecule has 0 N–H and O–H groups in total. The average molecular weight is 442 g/mol. The summed E-state index contributed by atoms with van der Waals surface area (Å²) >= 11 is 0. The van der Waals surface area contributed by atoms with Crippen molar-refractivity contribution in [3.05, 3.63) is 59.5 Å². The molecule has 1 aliphatic rings. The molecule has 9 heteroatoms. The smallest absolute Gasteiger partial charge is 0.246 e. The lowest BCUT2D eigenvalue weighted by molar-refractivity contribution is 0.374. The van der Waals surface area contributed by atoms with Crippen LogP contribution in [-0.2, 0) is 10.0 Å². The number of anilines is 1. The number of aryl methyl sites for hydroxylation is 2. The number of nitrogens with zero attached hydrogens (tertiary/aromatic N) is 5. The Labute approximate surface area is 183 Å². The van der Waals surface area contributed by atoms with E-state index in [1.165, 1.54) is 11.4 Å². The summed E-state index contributed by atoms with van der Waals surface area (Å²) in [6, 6.07) is 11.0. The normalized spacial score (nSPS) is 15.3. The van der Waals surface area contributed by atoms with Crippen LogP contribution in [0.2, 0.25) is 0 Å². The van der Waals surface area contributed by atoms with Crippen molar-refractivity contribution in [1.82, 2.24) is 19.1 Å². The Bertz CT molecular complexity index is 1180. The summed E-state index contributed by atoms with van der Waals surface area (Å²) in [5, 5.41) is 4.67. The fourth-order valence-electron chi connectivity index (χ4n) is 4.07. The van der Waals surface area contributed by atoms with Gasteiger partial charge in [0.25, 0.3) is 0 Å². The number of benzene rings is 1. The molecule has 4 rings (SSSR count). The van der Waals surface area contributed by atoms with Gasteiger partial charge in [0.15, 0.2) is 5.82 Å². The maximum Gasteiger partial charge on any atom is 0.246 e. The number of pyridine rings is 1. The first-order valence-corrected chi connectivity index (χ1v) is 11.6. The molecule has 8 nitrogen and oxygen atoms in total. The fraction of sp³-hybridized carbons (Fsp3) is 0.364. The number of hydrogen-bond acceptors (Lipinski definition) is 6. The summed E-state index contributed by atoms with van der Waals surface area (Å²) in [5.41, 5.74) is 3.81. The third-order valence-corrected chi connectivity index (χ3v) is 7.53. The average Bonchev–Trinajstić information content (AvgIpc) is 3.08. The molecule has 3 heterocycles. The molecule has 2 aromatic heterocycles. The monoisotopic (exact) mass is 441 g/mol. The standard InChI is InChI=1S/C22H27N5O3S/c1-16-8-9-19(30-4)20(15-16)31(28,29)26-13-11-25(12-14-26)22-17(2)24-27(18(22)3)21-7-5-6-10-23-21/h5-10,15H,11-14H2,1-4H3. The summed E-state index contributed by atoms with van der Waals surface area (Å²) in [7, 11) is -2.15. The van der Waals surface area contributed by atoms with Crippen molar-refractivity contribution in [1.29, 1.82) is 0 Å². The van der Waals surface area contributed by atoms with Crippen LogP contribution in [0.5, 0.6) is 5.75 Å². The lowest BCUT2D eigenvalue weighted by Crippen LogP contribution is -2.49. The number of rotatable bonds is 5. The van der Waals surface area contributed by atoms with Gasteiger partial charge in [-0.2, -0.15) is 9.40 Å². The summed E-state index contributed by atoms with van der Waals surface area (Å²) < 4.78 is 35.3. The van der Waals surface area contributed by atoms with Gasteiger partial charge in [-0.15, -0.1) is 0 Å².